The van der Waals surface area contributed by atoms with Crippen molar-refractivity contribution < 1.29 is 23.4 Å². The summed E-state index contributed by atoms with van der Waals surface area (Å²) in [7, 11) is 3.81. The van der Waals surface area contributed by atoms with Crippen molar-refractivity contribution in [3.8, 4) is 5.75 Å². The zero-order valence-electron chi connectivity index (χ0n) is 14.9. The Bertz CT molecular complexity index is 994. The largest absolute Gasteiger partial charge is 0.511 e. The van der Waals surface area contributed by atoms with Crippen LogP contribution in [-0.4, -0.2) is 54.0 Å². The molecule has 1 aromatic heterocycles. The zero-order valence-corrected chi connectivity index (χ0v) is 14.9. The highest BCUT2D eigenvalue weighted by Crippen LogP contribution is 2.41. The molecule has 2 aliphatic rings. The van der Waals surface area contributed by atoms with Crippen LogP contribution in [0.3, 0.4) is 0 Å². The first kappa shape index (κ1) is 17.7. The van der Waals surface area contributed by atoms with Crippen LogP contribution in [-0.2, 0) is 0 Å². The van der Waals surface area contributed by atoms with Gasteiger partial charge in [0.25, 0.3) is 0 Å². The number of fused-ring (bicyclic) bond motifs is 1. The van der Waals surface area contributed by atoms with E-state index in [1.54, 1.807) is 4.90 Å². The van der Waals surface area contributed by atoms with Crippen molar-refractivity contribution >= 4 is 22.7 Å². The number of ether oxygens (including phenoxy) is 1. The van der Waals surface area contributed by atoms with Crippen LogP contribution in [0.15, 0.2) is 17.1 Å². The number of likely N-dealkylation sites (N-methyl/N-ethyl adjacent to an activating group) is 1. The van der Waals surface area contributed by atoms with Crippen molar-refractivity contribution in [3.63, 3.8) is 0 Å². The molecule has 2 fully saturated rings. The molecule has 1 aliphatic carbocycles. The minimum absolute atomic E-state index is 0.00931. The molecule has 1 saturated heterocycles. The number of pyridine rings is 1. The van der Waals surface area contributed by atoms with Gasteiger partial charge in [-0.25, -0.2) is 13.6 Å². The summed E-state index contributed by atoms with van der Waals surface area (Å²) in [6.07, 6.45) is 1.09. The number of aromatic nitrogens is 1. The summed E-state index contributed by atoms with van der Waals surface area (Å²) in [6.45, 7) is 0.973. The van der Waals surface area contributed by atoms with Gasteiger partial charge in [-0.2, -0.15) is 0 Å². The second-order valence-electron chi connectivity index (χ2n) is 7.27. The number of hydrogen-bond acceptors (Lipinski definition) is 5. The maximum Gasteiger partial charge on any atom is 0.511 e. The molecular weight excluding hydrogens is 360 g/mol. The highest BCUT2D eigenvalue weighted by Gasteiger charge is 2.35. The van der Waals surface area contributed by atoms with Gasteiger partial charge in [0.05, 0.1) is 17.1 Å². The molecule has 1 aromatic carbocycles. The molecule has 9 heteroatoms. The molecule has 0 unspecified atom stereocenters. The lowest BCUT2D eigenvalue weighted by Gasteiger charge is -2.44. The Hall–Kier alpha value is -2.68. The lowest BCUT2D eigenvalue weighted by Crippen LogP contribution is -2.58. The second-order valence-corrected chi connectivity index (χ2v) is 7.27. The minimum atomic E-state index is -1.65. The fraction of sp³-hybridized carbons (Fsp3) is 0.444. The van der Waals surface area contributed by atoms with E-state index in [9.17, 15) is 14.0 Å². The topological polar surface area (TPSA) is 75.0 Å². The number of halogens is 2. The molecule has 0 radical (unpaired) electrons. The number of rotatable bonds is 4. The van der Waals surface area contributed by atoms with Gasteiger partial charge in [-0.3, -0.25) is 4.79 Å². The predicted molar refractivity (Wildman–Crippen MR) is 94.7 cm³/mol. The maximum absolute atomic E-state index is 15.3. The third-order valence-corrected chi connectivity index (χ3v) is 5.20. The number of hydrogen-bond donors (Lipinski definition) is 1. The number of carbonyl (C=O) groups is 1. The van der Waals surface area contributed by atoms with Gasteiger partial charge < -0.3 is 24.2 Å². The van der Waals surface area contributed by atoms with Gasteiger partial charge in [-0.05, 0) is 33.0 Å². The van der Waals surface area contributed by atoms with Crippen molar-refractivity contribution in [3.05, 3.63) is 34.1 Å². The smallest absolute Gasteiger partial charge is 0.449 e. The van der Waals surface area contributed by atoms with Gasteiger partial charge in [0.15, 0.2) is 11.6 Å². The van der Waals surface area contributed by atoms with Gasteiger partial charge in [-0.15, -0.1) is 0 Å². The van der Waals surface area contributed by atoms with Crippen LogP contribution in [0.4, 0.5) is 19.3 Å². The third kappa shape index (κ3) is 2.91. The summed E-state index contributed by atoms with van der Waals surface area (Å²) >= 11 is 0. The van der Waals surface area contributed by atoms with E-state index >= 15 is 4.39 Å². The zero-order chi connectivity index (χ0) is 19.5. The van der Waals surface area contributed by atoms with E-state index in [1.165, 1.54) is 10.8 Å². The van der Waals surface area contributed by atoms with E-state index in [1.807, 2.05) is 19.0 Å². The molecular formula is C18H19F2N3O4. The number of carboxylic acid groups (broad SMARTS) is 1. The van der Waals surface area contributed by atoms with Gasteiger partial charge >= 0.3 is 6.16 Å². The molecule has 27 heavy (non-hydrogen) atoms. The summed E-state index contributed by atoms with van der Waals surface area (Å²) in [5.41, 5.74) is -1.00. The fourth-order valence-electron chi connectivity index (χ4n) is 3.47. The maximum atomic E-state index is 15.3. The lowest BCUT2D eigenvalue weighted by molar-refractivity contribution is 0.143. The van der Waals surface area contributed by atoms with E-state index in [-0.39, 0.29) is 28.7 Å². The summed E-state index contributed by atoms with van der Waals surface area (Å²) in [6, 6.07) is 1.12. The predicted octanol–water partition coefficient (Wildman–Crippen LogP) is 2.42. The highest BCUT2D eigenvalue weighted by atomic mass is 19.1. The average Bonchev–Trinajstić information content (AvgIpc) is 3.36. The molecule has 2 heterocycles. The molecule has 0 atom stereocenters. The average molecular weight is 379 g/mol. The van der Waals surface area contributed by atoms with Gasteiger partial charge in [0, 0.05) is 25.2 Å². The summed E-state index contributed by atoms with van der Waals surface area (Å²) in [5, 5.41) is 8.60. The van der Waals surface area contributed by atoms with Gasteiger partial charge in [-0.1, -0.05) is 0 Å². The minimum Gasteiger partial charge on any atom is -0.449 e. The molecule has 1 saturated carbocycles. The Morgan fingerprint density at radius 2 is 1.96 bits per heavy atom. The van der Waals surface area contributed by atoms with Crippen LogP contribution in [0.25, 0.3) is 10.9 Å². The Labute approximate surface area is 153 Å². The van der Waals surface area contributed by atoms with Gasteiger partial charge in [0.1, 0.15) is 11.5 Å². The van der Waals surface area contributed by atoms with Crippen molar-refractivity contribution in [2.75, 3.05) is 32.1 Å². The lowest BCUT2D eigenvalue weighted by atomic mass is 10.0. The van der Waals surface area contributed by atoms with Crippen LogP contribution in [0.5, 0.6) is 5.75 Å². The first-order valence-corrected chi connectivity index (χ1v) is 8.67. The third-order valence-electron chi connectivity index (χ3n) is 5.20. The monoisotopic (exact) mass is 379 g/mol. The van der Waals surface area contributed by atoms with E-state index in [0.29, 0.717) is 13.1 Å². The standard InChI is InChI=1S/C18H19F2N3O4/c1-21(2)10-6-22(7-10)16-12(19)5-11-15(14(16)20)23(9-3-4-9)8-13(17(11)24)27-18(25)26/h5,8-10H,3-4,6-7H2,1-2H3,(H,25,26). The molecule has 0 spiro atoms. The van der Waals surface area contributed by atoms with E-state index in [2.05, 4.69) is 4.74 Å². The summed E-state index contributed by atoms with van der Waals surface area (Å²) in [4.78, 5) is 26.9. The van der Waals surface area contributed by atoms with E-state index in [0.717, 1.165) is 18.9 Å². The van der Waals surface area contributed by atoms with Crippen LogP contribution in [0, 0.1) is 11.6 Å². The molecule has 1 aliphatic heterocycles. The number of anilines is 1. The first-order chi connectivity index (χ1) is 12.8. The molecule has 1 N–H and O–H groups in total. The van der Waals surface area contributed by atoms with E-state index in [4.69, 9.17) is 5.11 Å². The SMILES string of the molecule is CN(C)C1CN(c2c(F)cc3c(=O)c(OC(=O)O)cn(C4CC4)c3c2F)C1. The van der Waals surface area contributed by atoms with Gasteiger partial charge in [0.2, 0.25) is 5.43 Å². The van der Waals surface area contributed by atoms with Crippen LogP contribution in [0.1, 0.15) is 18.9 Å². The van der Waals surface area contributed by atoms with Crippen molar-refractivity contribution in [2.24, 2.45) is 0 Å². The summed E-state index contributed by atoms with van der Waals surface area (Å²) < 4.78 is 36.1. The molecule has 0 bridgehead atoms. The highest BCUT2D eigenvalue weighted by molar-refractivity contribution is 5.86. The molecule has 2 aromatic rings. The molecule has 0 amide bonds. The fourth-order valence-corrected chi connectivity index (χ4v) is 3.47. The first-order valence-electron chi connectivity index (χ1n) is 8.67. The second kappa shape index (κ2) is 6.19. The van der Waals surface area contributed by atoms with Crippen LogP contribution in [0.2, 0.25) is 0 Å². The quantitative estimate of drug-likeness (QED) is 0.823. The number of nitrogens with zero attached hydrogens (tertiary/aromatic N) is 3. The molecule has 4 rings (SSSR count). The van der Waals surface area contributed by atoms with Crippen LogP contribution < -0.4 is 15.1 Å². The van der Waals surface area contributed by atoms with E-state index < -0.39 is 29.0 Å². The van der Waals surface area contributed by atoms with Crippen molar-refractivity contribution in [2.45, 2.75) is 24.9 Å². The Morgan fingerprint density at radius 1 is 1.30 bits per heavy atom. The normalized spacial score (nSPS) is 17.4. The Morgan fingerprint density at radius 3 is 2.52 bits per heavy atom. The van der Waals surface area contributed by atoms with Crippen LogP contribution >= 0.6 is 0 Å². The van der Waals surface area contributed by atoms with Crippen molar-refractivity contribution in [1.82, 2.24) is 9.47 Å². The summed E-state index contributed by atoms with van der Waals surface area (Å²) in [5.74, 6) is -2.10. The molecule has 7 nitrogen and oxygen atoms in total. The Balaban J connectivity index is 1.88. The number of benzene rings is 1. The molecule has 144 valence electrons. The Kier molecular flexibility index (Phi) is 4.06. The van der Waals surface area contributed by atoms with Crippen molar-refractivity contribution in [1.29, 1.82) is 0 Å².